The summed E-state index contributed by atoms with van der Waals surface area (Å²) in [5.41, 5.74) is 2.76. The number of anilines is 1. The van der Waals surface area contributed by atoms with Crippen LogP contribution in [0.25, 0.3) is 0 Å². The topological polar surface area (TPSA) is 55.2 Å². The highest BCUT2D eigenvalue weighted by atomic mass is 35.5. The summed E-state index contributed by atoms with van der Waals surface area (Å²) < 4.78 is 5.62. The molecule has 0 radical (unpaired) electrons. The minimum atomic E-state index is 0.0478. The van der Waals surface area contributed by atoms with E-state index in [4.69, 9.17) is 21.2 Å². The third kappa shape index (κ3) is 5.50. The molecule has 132 valence electrons. The molecule has 5 nitrogen and oxygen atoms in total. The lowest BCUT2D eigenvalue weighted by molar-refractivity contribution is 0.130. The smallest absolute Gasteiger partial charge is 0.198 e. The molecule has 2 aromatic rings. The van der Waals surface area contributed by atoms with Crippen LogP contribution in [0.5, 0.6) is 5.75 Å². The Morgan fingerprint density at radius 3 is 2.48 bits per heavy atom. The molecule has 0 atom stereocenters. The average molecular weight is 360 g/mol. The van der Waals surface area contributed by atoms with Gasteiger partial charge >= 0.3 is 0 Å². The first-order valence-electron chi connectivity index (χ1n) is 7.93. The van der Waals surface area contributed by atoms with Crippen molar-refractivity contribution < 1.29 is 9.57 Å². The molecule has 2 rings (SSSR count). The number of nitrogens with one attached hydrogen (secondary N) is 1. The number of hydrogen-bond donors (Lipinski definition) is 1. The van der Waals surface area contributed by atoms with Crippen LogP contribution in [0.2, 0.25) is 5.02 Å². The number of halogens is 1. The second-order valence-electron chi connectivity index (χ2n) is 5.61. The lowest BCUT2D eigenvalue weighted by Crippen LogP contribution is -2.06. The van der Waals surface area contributed by atoms with E-state index in [1.54, 1.807) is 12.1 Å². The Labute approximate surface area is 153 Å². The Morgan fingerprint density at radius 2 is 1.92 bits per heavy atom. The molecule has 0 heterocycles. The van der Waals surface area contributed by atoms with Crippen LogP contribution in [-0.4, -0.2) is 25.7 Å². The number of amidine groups is 1. The molecule has 0 aliphatic carbocycles. The zero-order valence-corrected chi connectivity index (χ0v) is 15.4. The van der Waals surface area contributed by atoms with E-state index in [9.17, 15) is 0 Å². The molecule has 1 N–H and O–H groups in total. The maximum Gasteiger partial charge on any atom is 0.198 e. The van der Waals surface area contributed by atoms with E-state index in [2.05, 4.69) is 22.2 Å². The molecule has 0 saturated heterocycles. The molecule has 6 heteroatoms. The van der Waals surface area contributed by atoms with Crippen molar-refractivity contribution in [2.75, 3.05) is 12.4 Å². The Morgan fingerprint density at radius 1 is 1.20 bits per heavy atom. The summed E-state index contributed by atoms with van der Waals surface area (Å²) in [5.74, 6) is 0.985. The lowest BCUT2D eigenvalue weighted by atomic mass is 10.2. The van der Waals surface area contributed by atoms with E-state index in [1.807, 2.05) is 51.2 Å². The fraction of sp³-hybridized carbons (Fsp3) is 0.263. The van der Waals surface area contributed by atoms with Crippen LogP contribution < -0.4 is 10.1 Å². The maximum atomic E-state index is 6.24. The first-order valence-corrected chi connectivity index (χ1v) is 8.31. The number of ether oxygens (including phenoxy) is 1. The third-order valence-electron chi connectivity index (χ3n) is 3.33. The van der Waals surface area contributed by atoms with Gasteiger partial charge in [-0.05, 0) is 56.5 Å². The van der Waals surface area contributed by atoms with Gasteiger partial charge in [-0.1, -0.05) is 28.9 Å². The highest BCUT2D eigenvalue weighted by Crippen LogP contribution is 2.27. The zero-order chi connectivity index (χ0) is 18.2. The molecule has 0 saturated carbocycles. The molecule has 0 aliphatic heterocycles. The number of hydrogen-bond acceptors (Lipinski definition) is 4. The van der Waals surface area contributed by atoms with Gasteiger partial charge in [0.15, 0.2) is 5.84 Å². The average Bonchev–Trinajstić information content (AvgIpc) is 2.61. The van der Waals surface area contributed by atoms with Gasteiger partial charge in [0.05, 0.1) is 11.1 Å². The van der Waals surface area contributed by atoms with Crippen molar-refractivity contribution in [1.29, 1.82) is 0 Å². The van der Waals surface area contributed by atoms with E-state index < -0.39 is 0 Å². The van der Waals surface area contributed by atoms with Crippen LogP contribution >= 0.6 is 11.6 Å². The quantitative estimate of drug-likeness (QED) is 0.441. The van der Waals surface area contributed by atoms with Gasteiger partial charge in [-0.15, -0.1) is 0 Å². The van der Waals surface area contributed by atoms with Crippen LogP contribution in [-0.2, 0) is 11.4 Å². The molecule has 0 unspecified atom stereocenters. The predicted molar refractivity (Wildman–Crippen MR) is 104 cm³/mol. The zero-order valence-electron chi connectivity index (χ0n) is 14.6. The minimum absolute atomic E-state index is 0.0478. The molecule has 0 spiro atoms. The highest BCUT2D eigenvalue weighted by molar-refractivity contribution is 6.32. The summed E-state index contributed by atoms with van der Waals surface area (Å²) in [7, 11) is 1.88. The predicted octanol–water partition coefficient (Wildman–Crippen LogP) is 4.75. The molecular weight excluding hydrogens is 338 g/mol. The Hall–Kier alpha value is -2.53. The van der Waals surface area contributed by atoms with Gasteiger partial charge in [-0.3, -0.25) is 0 Å². The molecule has 0 aliphatic rings. The molecule has 0 bridgehead atoms. The SMILES string of the molecule is C=N/C(=N\OCc1ccc(NC)cc1)c1ccc(OC(C)C)c(Cl)c1. The third-order valence-corrected chi connectivity index (χ3v) is 3.62. The molecular formula is C19H22ClN3O2. The Kier molecular flexibility index (Phi) is 6.83. The fourth-order valence-electron chi connectivity index (χ4n) is 2.10. The normalized spacial score (nSPS) is 11.3. The fourth-order valence-corrected chi connectivity index (χ4v) is 2.32. The van der Waals surface area contributed by atoms with Gasteiger partial charge in [0.1, 0.15) is 12.4 Å². The Bertz CT molecular complexity index is 743. The van der Waals surface area contributed by atoms with Gasteiger partial charge < -0.3 is 14.9 Å². The number of aliphatic imine (C=N–C) groups is 1. The summed E-state index contributed by atoms with van der Waals surface area (Å²) in [6.07, 6.45) is 0.0478. The van der Waals surface area contributed by atoms with Gasteiger partial charge in [0.25, 0.3) is 0 Å². The Balaban J connectivity index is 2.06. The van der Waals surface area contributed by atoms with Gasteiger partial charge in [-0.25, -0.2) is 4.99 Å². The standard InChI is InChI=1S/C19H22ClN3O2/c1-13(2)25-18-10-7-15(11-17(18)20)19(22-4)23-24-12-14-5-8-16(21-3)9-6-14/h5-11,13,21H,4,12H2,1-3H3/b23-19-. The highest BCUT2D eigenvalue weighted by Gasteiger charge is 2.09. The van der Waals surface area contributed by atoms with Crippen molar-refractivity contribution in [2.45, 2.75) is 26.6 Å². The van der Waals surface area contributed by atoms with Crippen LogP contribution in [0, 0.1) is 0 Å². The first-order chi connectivity index (χ1) is 12.0. The van der Waals surface area contributed by atoms with Crippen LogP contribution in [0.15, 0.2) is 52.6 Å². The minimum Gasteiger partial charge on any atom is -0.489 e. The molecule has 2 aromatic carbocycles. The second-order valence-corrected chi connectivity index (χ2v) is 6.01. The monoisotopic (exact) mass is 359 g/mol. The van der Waals surface area contributed by atoms with E-state index in [0.717, 1.165) is 11.3 Å². The van der Waals surface area contributed by atoms with Crippen LogP contribution in [0.1, 0.15) is 25.0 Å². The van der Waals surface area contributed by atoms with Crippen molar-refractivity contribution in [1.82, 2.24) is 0 Å². The van der Waals surface area contributed by atoms with Gasteiger partial charge in [0, 0.05) is 18.3 Å². The van der Waals surface area contributed by atoms with Crippen LogP contribution in [0.4, 0.5) is 5.69 Å². The molecule has 0 aromatic heterocycles. The van der Waals surface area contributed by atoms with Crippen molar-refractivity contribution in [3.05, 3.63) is 58.6 Å². The van der Waals surface area contributed by atoms with E-state index in [0.29, 0.717) is 28.8 Å². The largest absolute Gasteiger partial charge is 0.489 e. The summed E-state index contributed by atoms with van der Waals surface area (Å²) in [6.45, 7) is 7.77. The molecule has 0 amide bonds. The number of nitrogens with zero attached hydrogens (tertiary/aromatic N) is 2. The van der Waals surface area contributed by atoms with Crippen molar-refractivity contribution in [3.8, 4) is 5.75 Å². The van der Waals surface area contributed by atoms with Crippen molar-refractivity contribution in [3.63, 3.8) is 0 Å². The summed E-state index contributed by atoms with van der Waals surface area (Å²) in [5, 5.41) is 7.61. The molecule has 25 heavy (non-hydrogen) atoms. The number of benzene rings is 2. The summed E-state index contributed by atoms with van der Waals surface area (Å²) in [4.78, 5) is 9.31. The summed E-state index contributed by atoms with van der Waals surface area (Å²) >= 11 is 6.24. The van der Waals surface area contributed by atoms with E-state index >= 15 is 0 Å². The van der Waals surface area contributed by atoms with Crippen molar-refractivity contribution >= 4 is 29.8 Å². The number of rotatable bonds is 7. The molecule has 0 fully saturated rings. The maximum absolute atomic E-state index is 6.24. The van der Waals surface area contributed by atoms with Gasteiger partial charge in [-0.2, -0.15) is 0 Å². The van der Waals surface area contributed by atoms with Gasteiger partial charge in [0.2, 0.25) is 0 Å². The van der Waals surface area contributed by atoms with E-state index in [1.165, 1.54) is 0 Å². The van der Waals surface area contributed by atoms with Crippen molar-refractivity contribution in [2.24, 2.45) is 10.1 Å². The van der Waals surface area contributed by atoms with Crippen LogP contribution in [0.3, 0.4) is 0 Å². The number of oxime groups is 1. The van der Waals surface area contributed by atoms with E-state index in [-0.39, 0.29) is 6.10 Å². The first kappa shape index (κ1) is 18.8. The lowest BCUT2D eigenvalue weighted by Gasteiger charge is -2.12. The second kappa shape index (κ2) is 9.08. The summed E-state index contributed by atoms with van der Waals surface area (Å²) in [6, 6.07) is 13.2.